The van der Waals surface area contributed by atoms with E-state index in [2.05, 4.69) is 13.8 Å². The van der Waals surface area contributed by atoms with Crippen molar-refractivity contribution in [1.82, 2.24) is 0 Å². The molecule has 0 fully saturated rings. The lowest BCUT2D eigenvalue weighted by Crippen LogP contribution is -2.28. The third-order valence-corrected chi connectivity index (χ3v) is 5.02. The Hall–Kier alpha value is -1.30. The first kappa shape index (κ1) is 39.2. The van der Waals surface area contributed by atoms with E-state index in [4.69, 9.17) is 29.9 Å². The molecule has 6 N–H and O–H groups in total. The molecule has 218 valence electrons. The minimum atomic E-state index is -0.870. The minimum Gasteiger partial charge on any atom is -0.481 e. The van der Waals surface area contributed by atoms with Gasteiger partial charge in [-0.2, -0.15) is 0 Å². The fraction of sp³-hybridized carbons (Fsp3) is 0.923. The number of carbonyl (C=O) groups is 2. The summed E-state index contributed by atoms with van der Waals surface area (Å²) < 4.78 is 10.5. The second-order valence-electron chi connectivity index (χ2n) is 9.19. The number of unbranched alkanes of at least 4 members (excludes halogenated alkanes) is 3. The van der Waals surface area contributed by atoms with Crippen LogP contribution in [-0.2, 0) is 19.1 Å². The summed E-state index contributed by atoms with van der Waals surface area (Å²) in [6, 6.07) is 0. The largest absolute Gasteiger partial charge is 0.481 e. The third-order valence-electron chi connectivity index (χ3n) is 5.02. The molecule has 10 nitrogen and oxygen atoms in total. The van der Waals surface area contributed by atoms with Crippen molar-refractivity contribution < 1.29 is 49.7 Å². The number of ether oxygens (including phenoxy) is 2. The molecule has 0 rings (SSSR count). The van der Waals surface area contributed by atoms with Crippen LogP contribution in [0.25, 0.3) is 0 Å². The van der Waals surface area contributed by atoms with Crippen LogP contribution in [0, 0.1) is 0 Å². The van der Waals surface area contributed by atoms with E-state index >= 15 is 0 Å². The molecular formula is C26H54O10. The zero-order chi connectivity index (χ0) is 28.5. The van der Waals surface area contributed by atoms with Gasteiger partial charge in [-0.25, -0.2) is 0 Å². The zero-order valence-electron chi connectivity index (χ0n) is 23.3. The standard InChI is InChI=1S/2C10H22O3.C6H10O4/c2*1-4-5-6-10(12)9(3)13-7-8(2)11;7-5(8)3-1-2-4-6(9)10/h2*8-12H,4-7H2,1-3H3;1-4H2,(H,7,8)(H,9,10). The predicted molar refractivity (Wildman–Crippen MR) is 139 cm³/mol. The number of carboxylic acids is 2. The van der Waals surface area contributed by atoms with Crippen molar-refractivity contribution >= 4 is 11.9 Å². The summed E-state index contributed by atoms with van der Waals surface area (Å²) in [6.07, 6.45) is 4.69. The number of aliphatic hydroxyl groups is 4. The van der Waals surface area contributed by atoms with E-state index < -0.39 is 36.4 Å². The van der Waals surface area contributed by atoms with Crippen LogP contribution in [0.2, 0.25) is 0 Å². The van der Waals surface area contributed by atoms with Gasteiger partial charge < -0.3 is 40.1 Å². The van der Waals surface area contributed by atoms with E-state index in [1.54, 1.807) is 13.8 Å². The lowest BCUT2D eigenvalue weighted by molar-refractivity contribution is -0.139. The predicted octanol–water partition coefficient (Wildman–Crippen LogP) is 3.36. The van der Waals surface area contributed by atoms with Gasteiger partial charge in [0.05, 0.1) is 49.8 Å². The molecule has 0 saturated heterocycles. The van der Waals surface area contributed by atoms with Crippen molar-refractivity contribution in [1.29, 1.82) is 0 Å². The Morgan fingerprint density at radius 1 is 0.611 bits per heavy atom. The summed E-state index contributed by atoms with van der Waals surface area (Å²) in [4.78, 5) is 19.8. The van der Waals surface area contributed by atoms with Gasteiger partial charge in [0.15, 0.2) is 0 Å². The molecule has 0 aliphatic carbocycles. The second-order valence-corrected chi connectivity index (χ2v) is 9.19. The van der Waals surface area contributed by atoms with Gasteiger partial charge in [0.1, 0.15) is 0 Å². The van der Waals surface area contributed by atoms with Gasteiger partial charge in [0, 0.05) is 12.8 Å². The van der Waals surface area contributed by atoms with Crippen molar-refractivity contribution in [2.24, 2.45) is 0 Å². The monoisotopic (exact) mass is 526 g/mol. The molecule has 0 aromatic carbocycles. The van der Waals surface area contributed by atoms with E-state index in [0.717, 1.165) is 38.5 Å². The Morgan fingerprint density at radius 3 is 1.14 bits per heavy atom. The number of aliphatic hydroxyl groups excluding tert-OH is 4. The smallest absolute Gasteiger partial charge is 0.303 e. The van der Waals surface area contributed by atoms with Gasteiger partial charge in [-0.3, -0.25) is 9.59 Å². The van der Waals surface area contributed by atoms with E-state index in [1.807, 2.05) is 13.8 Å². The highest BCUT2D eigenvalue weighted by atomic mass is 16.5. The molecule has 0 aliphatic heterocycles. The summed E-state index contributed by atoms with van der Waals surface area (Å²) in [5, 5.41) is 53.3. The number of hydrogen-bond acceptors (Lipinski definition) is 8. The Balaban J connectivity index is -0.000000459. The molecule has 0 aromatic rings. The van der Waals surface area contributed by atoms with Gasteiger partial charge in [0.2, 0.25) is 0 Å². The normalized spacial score (nSPS) is 15.7. The van der Waals surface area contributed by atoms with Crippen LogP contribution in [0.5, 0.6) is 0 Å². The van der Waals surface area contributed by atoms with E-state index in [1.165, 1.54) is 0 Å². The maximum absolute atomic E-state index is 9.90. The molecule has 0 saturated carbocycles. The molecular weight excluding hydrogens is 472 g/mol. The molecule has 6 atom stereocenters. The topological polar surface area (TPSA) is 174 Å². The average Bonchev–Trinajstić information content (AvgIpc) is 2.80. The van der Waals surface area contributed by atoms with Crippen molar-refractivity contribution in [3.05, 3.63) is 0 Å². The third kappa shape index (κ3) is 32.7. The van der Waals surface area contributed by atoms with Crippen LogP contribution < -0.4 is 0 Å². The van der Waals surface area contributed by atoms with Crippen LogP contribution in [0.1, 0.15) is 106 Å². The van der Waals surface area contributed by atoms with Gasteiger partial charge in [-0.05, 0) is 53.4 Å². The molecule has 0 bridgehead atoms. The van der Waals surface area contributed by atoms with Gasteiger partial charge in [0.25, 0.3) is 0 Å². The second kappa shape index (κ2) is 26.8. The molecule has 10 heteroatoms. The van der Waals surface area contributed by atoms with Gasteiger partial charge >= 0.3 is 11.9 Å². The Kier molecular flexibility index (Phi) is 29.1. The Bertz CT molecular complexity index is 455. The molecule has 0 aromatic heterocycles. The number of hydrogen-bond donors (Lipinski definition) is 6. The summed E-state index contributed by atoms with van der Waals surface area (Å²) in [5.74, 6) is -1.74. The van der Waals surface area contributed by atoms with Crippen LogP contribution >= 0.6 is 0 Å². The Morgan fingerprint density at radius 2 is 0.917 bits per heavy atom. The lowest BCUT2D eigenvalue weighted by atomic mass is 10.1. The molecule has 0 spiro atoms. The van der Waals surface area contributed by atoms with Crippen molar-refractivity contribution in [2.75, 3.05) is 13.2 Å². The first-order valence-electron chi connectivity index (χ1n) is 13.2. The van der Waals surface area contributed by atoms with Crippen LogP contribution in [0.3, 0.4) is 0 Å². The molecule has 0 amide bonds. The van der Waals surface area contributed by atoms with Crippen molar-refractivity contribution in [3.63, 3.8) is 0 Å². The first-order valence-corrected chi connectivity index (χ1v) is 13.2. The van der Waals surface area contributed by atoms with Crippen molar-refractivity contribution in [3.8, 4) is 0 Å². The van der Waals surface area contributed by atoms with Gasteiger partial charge in [-0.1, -0.05) is 39.5 Å². The maximum Gasteiger partial charge on any atom is 0.303 e. The van der Waals surface area contributed by atoms with E-state index in [-0.39, 0.29) is 25.0 Å². The molecule has 0 radical (unpaired) electrons. The highest BCUT2D eigenvalue weighted by molar-refractivity contribution is 5.67. The molecule has 6 unspecified atom stereocenters. The van der Waals surface area contributed by atoms with E-state index in [0.29, 0.717) is 26.1 Å². The summed E-state index contributed by atoms with van der Waals surface area (Å²) in [7, 11) is 0. The fourth-order valence-corrected chi connectivity index (χ4v) is 2.65. The lowest BCUT2D eigenvalue weighted by Gasteiger charge is -2.19. The average molecular weight is 527 g/mol. The van der Waals surface area contributed by atoms with Crippen molar-refractivity contribution in [2.45, 2.75) is 142 Å². The quantitative estimate of drug-likeness (QED) is 0.137. The van der Waals surface area contributed by atoms with Gasteiger partial charge in [-0.15, -0.1) is 0 Å². The summed E-state index contributed by atoms with van der Waals surface area (Å²) in [6.45, 7) is 11.8. The highest BCUT2D eigenvalue weighted by Gasteiger charge is 2.15. The summed E-state index contributed by atoms with van der Waals surface area (Å²) >= 11 is 0. The fourth-order valence-electron chi connectivity index (χ4n) is 2.65. The molecule has 0 heterocycles. The zero-order valence-corrected chi connectivity index (χ0v) is 23.3. The highest BCUT2D eigenvalue weighted by Crippen LogP contribution is 2.08. The van der Waals surface area contributed by atoms with Crippen LogP contribution in [0.4, 0.5) is 0 Å². The Labute approximate surface area is 217 Å². The number of aliphatic carboxylic acids is 2. The minimum absolute atomic E-state index is 0.0628. The first-order chi connectivity index (χ1) is 16.8. The number of carboxylic acid groups (broad SMARTS) is 2. The number of rotatable bonds is 19. The maximum atomic E-state index is 9.90. The van der Waals surface area contributed by atoms with Crippen LogP contribution in [0.15, 0.2) is 0 Å². The SMILES string of the molecule is CCCCC(O)C(C)OCC(C)O.CCCCC(O)C(C)OCC(C)O.O=C(O)CCCCC(=O)O. The van der Waals surface area contributed by atoms with Crippen LogP contribution in [-0.4, -0.2) is 92.4 Å². The summed E-state index contributed by atoms with van der Waals surface area (Å²) in [5.41, 5.74) is 0. The molecule has 36 heavy (non-hydrogen) atoms. The molecule has 0 aliphatic rings. The van der Waals surface area contributed by atoms with E-state index in [9.17, 15) is 19.8 Å².